The van der Waals surface area contributed by atoms with Gasteiger partial charge in [0.1, 0.15) is 9.88 Å². The number of anilines is 2. The van der Waals surface area contributed by atoms with Gasteiger partial charge in [0.2, 0.25) is 5.91 Å². The summed E-state index contributed by atoms with van der Waals surface area (Å²) in [6, 6.07) is 7.93. The zero-order valence-corrected chi connectivity index (χ0v) is 22.7. The lowest BCUT2D eigenvalue weighted by Crippen LogP contribution is -2.16. The van der Waals surface area contributed by atoms with Crippen LogP contribution in [0.3, 0.4) is 0 Å². The molecule has 0 unspecified atom stereocenters. The number of carbonyl (C=O) groups excluding carboxylic acids is 3. The minimum Gasteiger partial charge on any atom is -0.462 e. The smallest absolute Gasteiger partial charge is 0.348 e. The van der Waals surface area contributed by atoms with Gasteiger partial charge < -0.3 is 24.3 Å². The number of esters is 2. The number of rotatable bonds is 10. The summed E-state index contributed by atoms with van der Waals surface area (Å²) >= 11 is 2.21. The summed E-state index contributed by atoms with van der Waals surface area (Å²) in [6.45, 7) is 5.38. The Morgan fingerprint density at radius 1 is 1.11 bits per heavy atom. The molecule has 192 valence electrons. The lowest BCUT2D eigenvalue weighted by Gasteiger charge is -2.13. The van der Waals surface area contributed by atoms with Crippen molar-refractivity contribution in [2.75, 3.05) is 43.3 Å². The topological polar surface area (TPSA) is 116 Å². The number of aromatic nitrogens is 3. The Hall–Kier alpha value is -3.38. The van der Waals surface area contributed by atoms with E-state index in [1.165, 1.54) is 11.8 Å². The van der Waals surface area contributed by atoms with Gasteiger partial charge in [0.05, 0.1) is 24.5 Å². The van der Waals surface area contributed by atoms with Crippen LogP contribution in [0.15, 0.2) is 29.4 Å². The molecule has 0 saturated heterocycles. The van der Waals surface area contributed by atoms with Crippen LogP contribution >= 0.6 is 23.1 Å². The fourth-order valence-electron chi connectivity index (χ4n) is 3.35. The van der Waals surface area contributed by atoms with Crippen LogP contribution in [0.2, 0.25) is 0 Å². The molecule has 3 rings (SSSR count). The maximum Gasteiger partial charge on any atom is 0.348 e. The number of hydrogen-bond acceptors (Lipinski definition) is 10. The molecule has 1 aromatic carbocycles. The number of amides is 1. The van der Waals surface area contributed by atoms with Crippen LogP contribution < -0.4 is 10.2 Å². The van der Waals surface area contributed by atoms with E-state index in [9.17, 15) is 14.4 Å². The maximum absolute atomic E-state index is 12.8. The molecule has 36 heavy (non-hydrogen) atoms. The van der Waals surface area contributed by atoms with Gasteiger partial charge in [-0.25, -0.2) is 9.59 Å². The average molecular weight is 532 g/mol. The third kappa shape index (κ3) is 6.05. The first kappa shape index (κ1) is 27.2. The van der Waals surface area contributed by atoms with E-state index >= 15 is 0 Å². The molecule has 12 heteroatoms. The van der Waals surface area contributed by atoms with Crippen molar-refractivity contribution in [3.05, 3.63) is 40.3 Å². The number of thiophene rings is 1. The van der Waals surface area contributed by atoms with E-state index in [-0.39, 0.29) is 40.3 Å². The third-order valence-electron chi connectivity index (χ3n) is 5.13. The van der Waals surface area contributed by atoms with Crippen molar-refractivity contribution in [3.63, 3.8) is 0 Å². The van der Waals surface area contributed by atoms with Crippen LogP contribution in [0.1, 0.15) is 39.4 Å². The molecule has 2 heterocycles. The highest BCUT2D eigenvalue weighted by molar-refractivity contribution is 7.99. The lowest BCUT2D eigenvalue weighted by molar-refractivity contribution is -0.113. The Morgan fingerprint density at radius 3 is 2.47 bits per heavy atom. The Balaban J connectivity index is 1.75. The number of ether oxygens (including phenoxy) is 2. The first-order valence-electron chi connectivity index (χ1n) is 11.2. The molecule has 0 atom stereocenters. The van der Waals surface area contributed by atoms with Crippen molar-refractivity contribution in [1.29, 1.82) is 0 Å². The summed E-state index contributed by atoms with van der Waals surface area (Å²) in [6.07, 6.45) is 0. The van der Waals surface area contributed by atoms with Gasteiger partial charge in [-0.15, -0.1) is 21.5 Å². The van der Waals surface area contributed by atoms with Gasteiger partial charge in [-0.1, -0.05) is 23.9 Å². The summed E-state index contributed by atoms with van der Waals surface area (Å²) in [5.41, 5.74) is 2.52. The zero-order chi connectivity index (χ0) is 26.4. The molecule has 0 saturated carbocycles. The van der Waals surface area contributed by atoms with E-state index in [1.807, 2.05) is 54.9 Å². The second-order valence-corrected chi connectivity index (χ2v) is 9.81. The van der Waals surface area contributed by atoms with Gasteiger partial charge in [0.15, 0.2) is 11.0 Å². The fourth-order valence-corrected chi connectivity index (χ4v) is 5.17. The summed E-state index contributed by atoms with van der Waals surface area (Å²) in [5, 5.41) is 12.1. The molecule has 2 aromatic heterocycles. The number of nitrogens with one attached hydrogen (secondary N) is 1. The number of hydrogen-bond donors (Lipinski definition) is 1. The fraction of sp³-hybridized carbons (Fsp3) is 0.375. The molecular weight excluding hydrogens is 502 g/mol. The van der Waals surface area contributed by atoms with Crippen molar-refractivity contribution in [2.24, 2.45) is 7.05 Å². The van der Waals surface area contributed by atoms with E-state index in [1.54, 1.807) is 20.8 Å². The number of thioether (sulfide) groups is 1. The second-order valence-electron chi connectivity index (χ2n) is 7.85. The highest BCUT2D eigenvalue weighted by atomic mass is 32.2. The molecule has 0 fully saturated rings. The Labute approximate surface area is 218 Å². The van der Waals surface area contributed by atoms with Crippen LogP contribution in [0.4, 0.5) is 10.7 Å². The number of benzene rings is 1. The lowest BCUT2D eigenvalue weighted by atomic mass is 10.1. The second kappa shape index (κ2) is 12.0. The summed E-state index contributed by atoms with van der Waals surface area (Å²) in [5.74, 6) is -0.814. The molecule has 0 aliphatic carbocycles. The standard InChI is InChI=1S/C24H29N5O5S2/c1-7-33-22(31)18-14(3)19(23(32)34-8-2)36-21(18)25-17(30)13-35-24-27-26-20(29(24)6)15-10-9-11-16(12-15)28(4)5/h9-12H,7-8,13H2,1-6H3,(H,25,30). The maximum atomic E-state index is 12.8. The Bertz CT molecular complexity index is 1270. The normalized spacial score (nSPS) is 10.7. The van der Waals surface area contributed by atoms with Gasteiger partial charge in [-0.05, 0) is 38.5 Å². The predicted octanol–water partition coefficient (Wildman–Crippen LogP) is 4.00. The molecule has 1 N–H and O–H groups in total. The van der Waals surface area contributed by atoms with Crippen molar-refractivity contribution in [3.8, 4) is 11.4 Å². The van der Waals surface area contributed by atoms with Crippen LogP contribution in [0, 0.1) is 6.92 Å². The van der Waals surface area contributed by atoms with Gasteiger partial charge in [0, 0.05) is 32.4 Å². The van der Waals surface area contributed by atoms with Crippen LogP contribution in [0.25, 0.3) is 11.4 Å². The molecule has 1 amide bonds. The molecule has 0 aliphatic heterocycles. The Morgan fingerprint density at radius 2 is 1.81 bits per heavy atom. The molecule has 0 spiro atoms. The molecule has 3 aromatic rings. The van der Waals surface area contributed by atoms with Crippen molar-refractivity contribution >= 4 is 51.6 Å². The predicted molar refractivity (Wildman–Crippen MR) is 141 cm³/mol. The van der Waals surface area contributed by atoms with Gasteiger partial charge in [-0.2, -0.15) is 0 Å². The van der Waals surface area contributed by atoms with Crippen LogP contribution in [-0.4, -0.2) is 65.7 Å². The van der Waals surface area contributed by atoms with Gasteiger partial charge in [0.25, 0.3) is 0 Å². The minimum absolute atomic E-state index is 0.0255. The molecule has 0 radical (unpaired) electrons. The minimum atomic E-state index is -0.609. The molecular formula is C24H29N5O5S2. The average Bonchev–Trinajstić information content (AvgIpc) is 3.37. The largest absolute Gasteiger partial charge is 0.462 e. The first-order valence-corrected chi connectivity index (χ1v) is 13.0. The summed E-state index contributed by atoms with van der Waals surface area (Å²) < 4.78 is 12.0. The number of carbonyl (C=O) groups is 3. The quantitative estimate of drug-likeness (QED) is 0.306. The van der Waals surface area contributed by atoms with Crippen molar-refractivity contribution in [1.82, 2.24) is 14.8 Å². The van der Waals surface area contributed by atoms with Gasteiger partial charge >= 0.3 is 11.9 Å². The zero-order valence-electron chi connectivity index (χ0n) is 21.1. The third-order valence-corrected chi connectivity index (χ3v) is 7.34. The highest BCUT2D eigenvalue weighted by Crippen LogP contribution is 2.34. The van der Waals surface area contributed by atoms with Crippen LogP contribution in [-0.2, 0) is 21.3 Å². The van der Waals surface area contributed by atoms with E-state index < -0.39 is 11.9 Å². The number of nitrogens with zero attached hydrogens (tertiary/aromatic N) is 4. The van der Waals surface area contributed by atoms with Crippen LogP contribution in [0.5, 0.6) is 0 Å². The van der Waals surface area contributed by atoms with Gasteiger partial charge in [-0.3, -0.25) is 4.79 Å². The molecule has 0 aliphatic rings. The van der Waals surface area contributed by atoms with E-state index in [2.05, 4.69) is 15.5 Å². The van der Waals surface area contributed by atoms with Crippen molar-refractivity contribution in [2.45, 2.75) is 25.9 Å². The van der Waals surface area contributed by atoms with E-state index in [0.29, 0.717) is 16.5 Å². The first-order chi connectivity index (χ1) is 17.2. The Kier molecular flexibility index (Phi) is 9.10. The summed E-state index contributed by atoms with van der Waals surface area (Å²) in [7, 11) is 5.77. The van der Waals surface area contributed by atoms with E-state index in [0.717, 1.165) is 22.6 Å². The highest BCUT2D eigenvalue weighted by Gasteiger charge is 2.27. The molecule has 10 nitrogen and oxygen atoms in total. The SMILES string of the molecule is CCOC(=O)c1sc(NC(=O)CSc2nnc(-c3cccc(N(C)C)c3)n2C)c(C(=O)OCC)c1C. The molecule has 0 bridgehead atoms. The monoisotopic (exact) mass is 531 g/mol. The van der Waals surface area contributed by atoms with E-state index in [4.69, 9.17) is 9.47 Å². The van der Waals surface area contributed by atoms with Crippen molar-refractivity contribution < 1.29 is 23.9 Å². The summed E-state index contributed by atoms with van der Waals surface area (Å²) in [4.78, 5) is 39.9.